The number of alkyl halides is 3. The van der Waals surface area contributed by atoms with Gasteiger partial charge in [-0.1, -0.05) is 5.16 Å². The first-order chi connectivity index (χ1) is 10.9. The predicted molar refractivity (Wildman–Crippen MR) is 74.5 cm³/mol. The van der Waals surface area contributed by atoms with Gasteiger partial charge in [0, 0.05) is 31.4 Å². The molecule has 1 aromatic carbocycles. The highest BCUT2D eigenvalue weighted by molar-refractivity contribution is 5.90. The number of benzene rings is 1. The van der Waals surface area contributed by atoms with Gasteiger partial charge in [0.05, 0.1) is 0 Å². The summed E-state index contributed by atoms with van der Waals surface area (Å²) < 4.78 is 46.2. The highest BCUT2D eigenvalue weighted by Gasteiger charge is 2.38. The number of methoxy groups -OCH3 is 1. The molecule has 0 aliphatic rings. The number of carbonyl (C=O) groups excluding carboxylic acids is 1. The molecule has 0 saturated carbocycles. The van der Waals surface area contributed by atoms with Gasteiger partial charge in [0.15, 0.2) is 0 Å². The molecule has 6 nitrogen and oxygen atoms in total. The third kappa shape index (κ3) is 4.78. The van der Waals surface area contributed by atoms with Crippen LogP contribution in [0, 0.1) is 0 Å². The molecule has 0 atom stereocenters. The van der Waals surface area contributed by atoms with Gasteiger partial charge >= 0.3 is 12.1 Å². The topological polar surface area (TPSA) is 77.2 Å². The van der Waals surface area contributed by atoms with Crippen LogP contribution in [0.5, 0.6) is 0 Å². The first kappa shape index (κ1) is 16.9. The van der Waals surface area contributed by atoms with Crippen molar-refractivity contribution < 1.29 is 27.2 Å². The minimum atomic E-state index is -4.68. The molecule has 0 fully saturated rings. The van der Waals surface area contributed by atoms with Crippen LogP contribution in [0.2, 0.25) is 0 Å². The molecular formula is C14H14F3N3O3. The maximum absolute atomic E-state index is 12.4. The molecule has 0 aliphatic heterocycles. The molecule has 2 aromatic rings. The number of nitrogens with zero attached hydrogens (tertiary/aromatic N) is 2. The SMILES string of the molecule is COCCCC(=O)Nc1ccc(-c2noc(C(F)(F)F)n2)cc1. The highest BCUT2D eigenvalue weighted by Crippen LogP contribution is 2.29. The number of nitrogens with one attached hydrogen (secondary N) is 1. The summed E-state index contributed by atoms with van der Waals surface area (Å²) in [6, 6.07) is 6.09. The van der Waals surface area contributed by atoms with E-state index in [4.69, 9.17) is 4.74 Å². The zero-order valence-electron chi connectivity index (χ0n) is 12.2. The monoisotopic (exact) mass is 329 g/mol. The van der Waals surface area contributed by atoms with Gasteiger partial charge in [-0.15, -0.1) is 0 Å². The van der Waals surface area contributed by atoms with Gasteiger partial charge in [-0.2, -0.15) is 18.2 Å². The molecule has 0 spiro atoms. The van der Waals surface area contributed by atoms with Crippen molar-refractivity contribution in [1.82, 2.24) is 10.1 Å². The van der Waals surface area contributed by atoms with E-state index >= 15 is 0 Å². The zero-order chi connectivity index (χ0) is 16.9. The van der Waals surface area contributed by atoms with Crippen molar-refractivity contribution in [2.75, 3.05) is 19.0 Å². The van der Waals surface area contributed by atoms with Crippen LogP contribution >= 0.6 is 0 Å². The summed E-state index contributed by atoms with van der Waals surface area (Å²) in [6.07, 6.45) is -3.76. The van der Waals surface area contributed by atoms with Gasteiger partial charge in [0.25, 0.3) is 0 Å². The zero-order valence-corrected chi connectivity index (χ0v) is 12.2. The molecule has 1 aromatic heterocycles. The van der Waals surface area contributed by atoms with Gasteiger partial charge in [0.2, 0.25) is 11.7 Å². The number of halogens is 3. The highest BCUT2D eigenvalue weighted by atomic mass is 19.4. The van der Waals surface area contributed by atoms with E-state index in [1.165, 1.54) is 12.1 Å². The molecule has 0 aliphatic carbocycles. The van der Waals surface area contributed by atoms with Crippen LogP contribution in [0.25, 0.3) is 11.4 Å². The van der Waals surface area contributed by atoms with Crippen LogP contribution in [0.3, 0.4) is 0 Å². The van der Waals surface area contributed by atoms with Crippen LogP contribution in [-0.4, -0.2) is 29.8 Å². The van der Waals surface area contributed by atoms with Crippen molar-refractivity contribution in [3.8, 4) is 11.4 Å². The van der Waals surface area contributed by atoms with Gasteiger partial charge < -0.3 is 14.6 Å². The van der Waals surface area contributed by atoms with E-state index in [1.54, 1.807) is 19.2 Å². The van der Waals surface area contributed by atoms with Crippen molar-refractivity contribution in [2.45, 2.75) is 19.0 Å². The van der Waals surface area contributed by atoms with Crippen LogP contribution in [0.4, 0.5) is 18.9 Å². The molecule has 9 heteroatoms. The Morgan fingerprint density at radius 3 is 2.57 bits per heavy atom. The number of hydrogen-bond acceptors (Lipinski definition) is 5. The molecule has 0 bridgehead atoms. The summed E-state index contributed by atoms with van der Waals surface area (Å²) >= 11 is 0. The number of rotatable bonds is 6. The summed E-state index contributed by atoms with van der Waals surface area (Å²) in [5.74, 6) is -1.74. The lowest BCUT2D eigenvalue weighted by molar-refractivity contribution is -0.159. The van der Waals surface area contributed by atoms with E-state index in [-0.39, 0.29) is 11.7 Å². The Labute approximate surface area is 129 Å². The Bertz CT molecular complexity index is 653. The number of amides is 1. The van der Waals surface area contributed by atoms with E-state index in [9.17, 15) is 18.0 Å². The smallest absolute Gasteiger partial charge is 0.385 e. The van der Waals surface area contributed by atoms with Crippen LogP contribution in [-0.2, 0) is 15.7 Å². The number of anilines is 1. The summed E-state index contributed by atoms with van der Waals surface area (Å²) in [5, 5.41) is 5.96. The Morgan fingerprint density at radius 2 is 2.00 bits per heavy atom. The first-order valence-corrected chi connectivity index (χ1v) is 6.70. The molecule has 2 rings (SSSR count). The third-order valence-electron chi connectivity index (χ3n) is 2.85. The number of carbonyl (C=O) groups is 1. The molecule has 0 unspecified atom stereocenters. The second-order valence-corrected chi connectivity index (χ2v) is 4.64. The minimum absolute atomic E-state index is 0.171. The molecular weight excluding hydrogens is 315 g/mol. The fourth-order valence-corrected chi connectivity index (χ4v) is 1.76. The van der Waals surface area contributed by atoms with Crippen molar-refractivity contribution in [1.29, 1.82) is 0 Å². The maximum atomic E-state index is 12.4. The Kier molecular flexibility index (Phi) is 5.32. The van der Waals surface area contributed by atoms with E-state index in [2.05, 4.69) is 20.0 Å². The Morgan fingerprint density at radius 1 is 1.30 bits per heavy atom. The van der Waals surface area contributed by atoms with Crippen molar-refractivity contribution in [2.24, 2.45) is 0 Å². The van der Waals surface area contributed by atoms with Crippen molar-refractivity contribution in [3.05, 3.63) is 30.2 Å². The summed E-state index contributed by atoms with van der Waals surface area (Å²) in [5.41, 5.74) is 0.873. The lowest BCUT2D eigenvalue weighted by Gasteiger charge is -2.05. The summed E-state index contributed by atoms with van der Waals surface area (Å²) in [4.78, 5) is 14.9. The molecule has 0 saturated heterocycles. The van der Waals surface area contributed by atoms with Gasteiger partial charge in [-0.05, 0) is 30.7 Å². The van der Waals surface area contributed by atoms with Crippen LogP contribution in [0.15, 0.2) is 28.8 Å². The van der Waals surface area contributed by atoms with Crippen LogP contribution < -0.4 is 5.32 Å². The largest absolute Gasteiger partial charge is 0.471 e. The average Bonchev–Trinajstić information content (AvgIpc) is 2.98. The van der Waals surface area contributed by atoms with E-state index in [0.29, 0.717) is 30.7 Å². The Hall–Kier alpha value is -2.42. The van der Waals surface area contributed by atoms with E-state index in [0.717, 1.165) is 0 Å². The molecule has 1 amide bonds. The predicted octanol–water partition coefficient (Wildman–Crippen LogP) is 3.12. The second kappa shape index (κ2) is 7.23. The van der Waals surface area contributed by atoms with Gasteiger partial charge in [0.1, 0.15) is 0 Å². The fraction of sp³-hybridized carbons (Fsp3) is 0.357. The minimum Gasteiger partial charge on any atom is -0.385 e. The summed E-state index contributed by atoms with van der Waals surface area (Å²) in [6.45, 7) is 0.492. The first-order valence-electron chi connectivity index (χ1n) is 6.70. The van der Waals surface area contributed by atoms with E-state index < -0.39 is 12.1 Å². The molecule has 1 heterocycles. The normalized spacial score (nSPS) is 11.5. The maximum Gasteiger partial charge on any atom is 0.471 e. The number of aromatic nitrogens is 2. The van der Waals surface area contributed by atoms with Gasteiger partial charge in [-0.3, -0.25) is 4.79 Å². The number of ether oxygens (including phenoxy) is 1. The molecule has 124 valence electrons. The van der Waals surface area contributed by atoms with Crippen molar-refractivity contribution in [3.63, 3.8) is 0 Å². The lowest BCUT2D eigenvalue weighted by atomic mass is 10.2. The number of hydrogen-bond donors (Lipinski definition) is 1. The molecule has 23 heavy (non-hydrogen) atoms. The average molecular weight is 329 g/mol. The Balaban J connectivity index is 1.99. The van der Waals surface area contributed by atoms with Crippen molar-refractivity contribution >= 4 is 11.6 Å². The summed E-state index contributed by atoms with van der Waals surface area (Å²) in [7, 11) is 1.55. The molecule has 1 N–H and O–H groups in total. The molecule has 0 radical (unpaired) electrons. The lowest BCUT2D eigenvalue weighted by Crippen LogP contribution is -2.11. The second-order valence-electron chi connectivity index (χ2n) is 4.64. The van der Waals surface area contributed by atoms with Crippen LogP contribution in [0.1, 0.15) is 18.7 Å². The third-order valence-corrected chi connectivity index (χ3v) is 2.85. The fourth-order valence-electron chi connectivity index (χ4n) is 1.76. The standard InChI is InChI=1S/C14H14F3N3O3/c1-22-8-2-3-11(21)18-10-6-4-9(5-7-10)12-19-13(23-20-12)14(15,16)17/h4-7H,2-3,8H2,1H3,(H,18,21). The van der Waals surface area contributed by atoms with Gasteiger partial charge in [-0.25, -0.2) is 0 Å². The van der Waals surface area contributed by atoms with E-state index in [1.807, 2.05) is 0 Å². The quantitative estimate of drug-likeness (QED) is 0.824.